The molecule has 88 valence electrons. The predicted octanol–water partition coefficient (Wildman–Crippen LogP) is 1.57. The van der Waals surface area contributed by atoms with E-state index in [1.54, 1.807) is 12.1 Å². The summed E-state index contributed by atoms with van der Waals surface area (Å²) in [6.45, 7) is 0.0153. The van der Waals surface area contributed by atoms with Gasteiger partial charge in [-0.2, -0.15) is 0 Å². The van der Waals surface area contributed by atoms with Crippen molar-refractivity contribution in [3.8, 4) is 11.3 Å². The van der Waals surface area contributed by atoms with Crippen LogP contribution in [-0.4, -0.2) is 27.9 Å². The molecule has 0 aliphatic heterocycles. The van der Waals surface area contributed by atoms with Gasteiger partial charge in [-0.05, 0) is 12.1 Å². The molecule has 1 heterocycles. The number of carbonyl (C=O) groups is 1. The SMILES string of the molecule is O=C(O)c1ccc(-c2nocc2CCO)cc1. The fourth-order valence-corrected chi connectivity index (χ4v) is 1.56. The van der Waals surface area contributed by atoms with Gasteiger partial charge in [-0.15, -0.1) is 0 Å². The Labute approximate surface area is 97.3 Å². The fourth-order valence-electron chi connectivity index (χ4n) is 1.56. The molecule has 0 saturated heterocycles. The molecule has 0 aliphatic rings. The molecule has 0 fully saturated rings. The Kier molecular flexibility index (Phi) is 3.20. The normalized spacial score (nSPS) is 10.4. The number of hydrogen-bond donors (Lipinski definition) is 2. The minimum atomic E-state index is -0.965. The summed E-state index contributed by atoms with van der Waals surface area (Å²) in [6, 6.07) is 6.36. The number of carboxylic acid groups (broad SMARTS) is 1. The van der Waals surface area contributed by atoms with E-state index in [1.165, 1.54) is 18.4 Å². The lowest BCUT2D eigenvalue weighted by Crippen LogP contribution is -1.96. The number of carboxylic acids is 1. The summed E-state index contributed by atoms with van der Waals surface area (Å²) in [4.78, 5) is 10.7. The van der Waals surface area contributed by atoms with E-state index in [2.05, 4.69) is 5.16 Å². The summed E-state index contributed by atoms with van der Waals surface area (Å²) in [5.74, 6) is -0.965. The number of benzene rings is 1. The number of hydrogen-bond acceptors (Lipinski definition) is 4. The molecule has 2 rings (SSSR count). The molecule has 2 aromatic rings. The highest BCUT2D eigenvalue weighted by molar-refractivity contribution is 5.88. The molecule has 2 N–H and O–H groups in total. The van der Waals surface area contributed by atoms with Gasteiger partial charge in [0.15, 0.2) is 0 Å². The molecular formula is C12H11NO4. The first-order chi connectivity index (χ1) is 8.22. The molecule has 0 unspecified atom stereocenters. The van der Waals surface area contributed by atoms with Gasteiger partial charge in [-0.25, -0.2) is 4.79 Å². The number of aromatic carboxylic acids is 1. The molecule has 0 bridgehead atoms. The number of nitrogens with zero attached hydrogens (tertiary/aromatic N) is 1. The highest BCUT2D eigenvalue weighted by atomic mass is 16.5. The van der Waals surface area contributed by atoms with E-state index in [9.17, 15) is 4.79 Å². The van der Waals surface area contributed by atoms with Crippen molar-refractivity contribution >= 4 is 5.97 Å². The van der Waals surface area contributed by atoms with Gasteiger partial charge in [0.2, 0.25) is 0 Å². The molecule has 0 atom stereocenters. The summed E-state index contributed by atoms with van der Waals surface area (Å²) < 4.78 is 4.85. The topological polar surface area (TPSA) is 83.6 Å². The maximum Gasteiger partial charge on any atom is 0.335 e. The Balaban J connectivity index is 2.33. The van der Waals surface area contributed by atoms with Gasteiger partial charge in [0.25, 0.3) is 0 Å². The van der Waals surface area contributed by atoms with Gasteiger partial charge in [-0.3, -0.25) is 0 Å². The molecule has 5 nitrogen and oxygen atoms in total. The van der Waals surface area contributed by atoms with Crippen molar-refractivity contribution in [3.63, 3.8) is 0 Å². The van der Waals surface area contributed by atoms with E-state index in [0.717, 1.165) is 11.1 Å². The first-order valence-electron chi connectivity index (χ1n) is 5.10. The second kappa shape index (κ2) is 4.80. The fraction of sp³-hybridized carbons (Fsp3) is 0.167. The van der Waals surface area contributed by atoms with Gasteiger partial charge in [0.05, 0.1) is 5.56 Å². The van der Waals surface area contributed by atoms with Crippen LogP contribution >= 0.6 is 0 Å². The molecule has 0 saturated carbocycles. The summed E-state index contributed by atoms with van der Waals surface area (Å²) in [6.07, 6.45) is 1.94. The van der Waals surface area contributed by atoms with Gasteiger partial charge in [-0.1, -0.05) is 17.3 Å². The van der Waals surface area contributed by atoms with Crippen LogP contribution in [0.25, 0.3) is 11.3 Å². The Bertz CT molecular complexity index is 516. The van der Waals surface area contributed by atoms with Crippen LogP contribution in [0.2, 0.25) is 0 Å². The minimum Gasteiger partial charge on any atom is -0.478 e. The van der Waals surface area contributed by atoms with Gasteiger partial charge < -0.3 is 14.7 Å². The molecular weight excluding hydrogens is 222 g/mol. The summed E-state index contributed by atoms with van der Waals surface area (Å²) in [5, 5.41) is 21.5. The first-order valence-corrected chi connectivity index (χ1v) is 5.10. The van der Waals surface area contributed by atoms with Gasteiger partial charge in [0.1, 0.15) is 12.0 Å². The smallest absolute Gasteiger partial charge is 0.335 e. The number of aromatic nitrogens is 1. The molecule has 1 aromatic heterocycles. The van der Waals surface area contributed by atoms with Gasteiger partial charge in [0, 0.05) is 24.2 Å². The molecule has 0 spiro atoms. The summed E-state index contributed by atoms with van der Waals surface area (Å²) in [7, 11) is 0. The zero-order chi connectivity index (χ0) is 12.3. The van der Waals surface area contributed by atoms with E-state index >= 15 is 0 Å². The molecule has 0 amide bonds. The van der Waals surface area contributed by atoms with Crippen molar-refractivity contribution in [1.82, 2.24) is 5.16 Å². The quantitative estimate of drug-likeness (QED) is 0.837. The Hall–Kier alpha value is -2.14. The highest BCUT2D eigenvalue weighted by Crippen LogP contribution is 2.22. The van der Waals surface area contributed by atoms with Gasteiger partial charge >= 0.3 is 5.97 Å². The maximum atomic E-state index is 10.7. The van der Waals surface area contributed by atoms with E-state index in [0.29, 0.717) is 12.1 Å². The maximum absolute atomic E-state index is 10.7. The third-order valence-corrected chi connectivity index (χ3v) is 2.43. The third-order valence-electron chi connectivity index (χ3n) is 2.43. The van der Waals surface area contributed by atoms with Crippen LogP contribution in [-0.2, 0) is 6.42 Å². The zero-order valence-electron chi connectivity index (χ0n) is 8.96. The van der Waals surface area contributed by atoms with Crippen molar-refractivity contribution in [2.24, 2.45) is 0 Å². The van der Waals surface area contributed by atoms with Crippen molar-refractivity contribution in [1.29, 1.82) is 0 Å². The standard InChI is InChI=1S/C12H11NO4/c14-6-5-10-7-17-13-11(10)8-1-3-9(4-2-8)12(15)16/h1-4,7,14H,5-6H2,(H,15,16). The Morgan fingerprint density at radius 1 is 1.29 bits per heavy atom. The van der Waals surface area contributed by atoms with Crippen LogP contribution in [0, 0.1) is 0 Å². The number of aliphatic hydroxyl groups excluding tert-OH is 1. The van der Waals surface area contributed by atoms with E-state index in [-0.39, 0.29) is 12.2 Å². The predicted molar refractivity (Wildman–Crippen MR) is 59.7 cm³/mol. The monoisotopic (exact) mass is 233 g/mol. The van der Waals surface area contributed by atoms with E-state index < -0.39 is 5.97 Å². The van der Waals surface area contributed by atoms with E-state index in [1.807, 2.05) is 0 Å². The highest BCUT2D eigenvalue weighted by Gasteiger charge is 2.10. The zero-order valence-corrected chi connectivity index (χ0v) is 8.96. The summed E-state index contributed by atoms with van der Waals surface area (Å²) >= 11 is 0. The van der Waals surface area contributed by atoms with Crippen molar-refractivity contribution in [3.05, 3.63) is 41.7 Å². The van der Waals surface area contributed by atoms with E-state index in [4.69, 9.17) is 14.7 Å². The lowest BCUT2D eigenvalue weighted by molar-refractivity contribution is 0.0697. The van der Waals surface area contributed by atoms with Crippen molar-refractivity contribution in [2.75, 3.05) is 6.61 Å². The minimum absolute atomic E-state index is 0.0153. The lowest BCUT2D eigenvalue weighted by Gasteiger charge is -2.00. The number of rotatable bonds is 4. The largest absolute Gasteiger partial charge is 0.478 e. The second-order valence-corrected chi connectivity index (χ2v) is 3.54. The van der Waals surface area contributed by atoms with Crippen molar-refractivity contribution in [2.45, 2.75) is 6.42 Å². The van der Waals surface area contributed by atoms with Crippen molar-refractivity contribution < 1.29 is 19.5 Å². The average Bonchev–Trinajstić information content (AvgIpc) is 2.78. The molecule has 1 aromatic carbocycles. The molecule has 17 heavy (non-hydrogen) atoms. The second-order valence-electron chi connectivity index (χ2n) is 3.54. The third kappa shape index (κ3) is 2.34. The van der Waals surface area contributed by atoms with Crippen LogP contribution in [0.5, 0.6) is 0 Å². The Morgan fingerprint density at radius 2 is 2.00 bits per heavy atom. The molecule has 0 aliphatic carbocycles. The molecule has 0 radical (unpaired) electrons. The summed E-state index contributed by atoms with van der Waals surface area (Å²) in [5.41, 5.74) is 2.43. The first kappa shape index (κ1) is 11.3. The lowest BCUT2D eigenvalue weighted by atomic mass is 10.0. The van der Waals surface area contributed by atoms with Crippen LogP contribution in [0.1, 0.15) is 15.9 Å². The Morgan fingerprint density at radius 3 is 2.59 bits per heavy atom. The number of aliphatic hydroxyl groups is 1. The molecule has 5 heteroatoms. The van der Waals surface area contributed by atoms with Crippen LogP contribution in [0.3, 0.4) is 0 Å². The van der Waals surface area contributed by atoms with Crippen LogP contribution in [0.4, 0.5) is 0 Å². The average molecular weight is 233 g/mol. The van der Waals surface area contributed by atoms with Crippen LogP contribution in [0.15, 0.2) is 35.1 Å². The van der Waals surface area contributed by atoms with Crippen LogP contribution < -0.4 is 0 Å².